The summed E-state index contributed by atoms with van der Waals surface area (Å²) in [6, 6.07) is 12.8. The number of rotatable bonds is 5. The van der Waals surface area contributed by atoms with Gasteiger partial charge in [-0.25, -0.2) is 14.8 Å². The number of pyridine rings is 1. The molecule has 8 heteroatoms. The highest BCUT2D eigenvalue weighted by molar-refractivity contribution is 7.17. The zero-order chi connectivity index (χ0) is 19.4. The molecule has 0 saturated heterocycles. The number of aryl methyl sites for hydroxylation is 1. The molecule has 3 rings (SSSR count). The SMILES string of the molecule is Cc1nc(-c2ccccc2)sc1C(=O)O[C@H](C)C(=O)Nc1cccnc1Cl. The lowest BCUT2D eigenvalue weighted by molar-refractivity contribution is -0.123. The number of ether oxygens (including phenoxy) is 1. The van der Waals surface area contributed by atoms with E-state index in [0.717, 1.165) is 10.6 Å². The molecule has 0 bridgehead atoms. The van der Waals surface area contributed by atoms with Crippen LogP contribution in [0.25, 0.3) is 10.6 Å². The van der Waals surface area contributed by atoms with Crippen LogP contribution in [0.2, 0.25) is 5.15 Å². The molecule has 1 N–H and O–H groups in total. The number of hydrogen-bond donors (Lipinski definition) is 1. The van der Waals surface area contributed by atoms with Gasteiger partial charge in [0.2, 0.25) is 0 Å². The molecule has 1 atom stereocenters. The van der Waals surface area contributed by atoms with E-state index in [-0.39, 0.29) is 5.15 Å². The Morgan fingerprint density at radius 3 is 2.63 bits per heavy atom. The van der Waals surface area contributed by atoms with E-state index in [0.29, 0.717) is 16.3 Å². The molecule has 3 aromatic rings. The van der Waals surface area contributed by atoms with Crippen molar-refractivity contribution in [2.75, 3.05) is 5.32 Å². The van der Waals surface area contributed by atoms with Crippen molar-refractivity contribution in [3.8, 4) is 10.6 Å². The molecule has 0 aliphatic heterocycles. The third kappa shape index (κ3) is 4.50. The summed E-state index contributed by atoms with van der Waals surface area (Å²) in [4.78, 5) is 33.4. The van der Waals surface area contributed by atoms with Crippen LogP contribution in [0.4, 0.5) is 5.69 Å². The van der Waals surface area contributed by atoms with E-state index >= 15 is 0 Å². The first-order valence-corrected chi connectivity index (χ1v) is 9.30. The number of hydrogen-bond acceptors (Lipinski definition) is 6. The fourth-order valence-corrected chi connectivity index (χ4v) is 3.39. The normalized spacial score (nSPS) is 11.7. The van der Waals surface area contributed by atoms with Crippen molar-refractivity contribution >= 4 is 40.5 Å². The van der Waals surface area contributed by atoms with Gasteiger partial charge < -0.3 is 10.1 Å². The molecule has 0 saturated carbocycles. The first-order valence-electron chi connectivity index (χ1n) is 8.11. The van der Waals surface area contributed by atoms with Crippen LogP contribution in [0, 0.1) is 6.92 Å². The fraction of sp³-hybridized carbons (Fsp3) is 0.158. The number of halogens is 1. The number of benzene rings is 1. The van der Waals surface area contributed by atoms with Crippen molar-refractivity contribution in [1.29, 1.82) is 0 Å². The van der Waals surface area contributed by atoms with Crippen molar-refractivity contribution in [2.24, 2.45) is 0 Å². The smallest absolute Gasteiger partial charge is 0.351 e. The van der Waals surface area contributed by atoms with Crippen molar-refractivity contribution in [1.82, 2.24) is 9.97 Å². The van der Waals surface area contributed by atoms with Crippen LogP contribution in [0.5, 0.6) is 0 Å². The van der Waals surface area contributed by atoms with E-state index in [4.69, 9.17) is 16.3 Å². The first kappa shape index (κ1) is 19.0. The number of carbonyl (C=O) groups is 2. The predicted octanol–water partition coefficient (Wildman–Crippen LogP) is 4.35. The number of nitrogens with one attached hydrogen (secondary N) is 1. The minimum Gasteiger partial charge on any atom is -0.448 e. The molecule has 0 aliphatic rings. The standard InChI is InChI=1S/C19H16ClN3O3S/c1-11-15(27-18(22-11)13-7-4-3-5-8-13)19(25)26-12(2)17(24)23-14-9-6-10-21-16(14)20/h3-10,12H,1-2H3,(H,23,24)/t12-/m1/s1. The molecule has 0 unspecified atom stereocenters. The van der Waals surface area contributed by atoms with Gasteiger partial charge in [0.1, 0.15) is 9.88 Å². The van der Waals surface area contributed by atoms with Crippen LogP contribution >= 0.6 is 22.9 Å². The van der Waals surface area contributed by atoms with Gasteiger partial charge in [0.25, 0.3) is 5.91 Å². The monoisotopic (exact) mass is 401 g/mol. The third-order valence-corrected chi connectivity index (χ3v) is 5.16. The Morgan fingerprint density at radius 1 is 1.19 bits per heavy atom. The van der Waals surface area contributed by atoms with E-state index in [9.17, 15) is 9.59 Å². The maximum Gasteiger partial charge on any atom is 0.351 e. The van der Waals surface area contributed by atoms with E-state index in [1.54, 1.807) is 19.1 Å². The summed E-state index contributed by atoms with van der Waals surface area (Å²) in [5.74, 6) is -1.09. The summed E-state index contributed by atoms with van der Waals surface area (Å²) in [5.41, 5.74) is 1.83. The van der Waals surface area contributed by atoms with E-state index in [1.165, 1.54) is 24.5 Å². The molecule has 1 aromatic carbocycles. The first-order chi connectivity index (χ1) is 13.0. The van der Waals surface area contributed by atoms with Crippen molar-refractivity contribution in [3.05, 3.63) is 64.4 Å². The van der Waals surface area contributed by atoms with Crippen LogP contribution in [0.3, 0.4) is 0 Å². The molecule has 138 valence electrons. The minimum absolute atomic E-state index is 0.162. The highest BCUT2D eigenvalue weighted by Crippen LogP contribution is 2.28. The van der Waals surface area contributed by atoms with Gasteiger partial charge in [0.05, 0.1) is 11.4 Å². The second-order valence-electron chi connectivity index (χ2n) is 5.68. The second-order valence-corrected chi connectivity index (χ2v) is 7.04. The third-order valence-electron chi connectivity index (χ3n) is 3.67. The van der Waals surface area contributed by atoms with Gasteiger partial charge >= 0.3 is 5.97 Å². The lowest BCUT2D eigenvalue weighted by Crippen LogP contribution is -2.30. The lowest BCUT2D eigenvalue weighted by Gasteiger charge is -2.13. The molecule has 2 aromatic heterocycles. The van der Waals surface area contributed by atoms with Crippen LogP contribution in [-0.2, 0) is 9.53 Å². The van der Waals surface area contributed by atoms with Gasteiger partial charge in [-0.15, -0.1) is 11.3 Å². The number of aromatic nitrogens is 2. The molecule has 6 nitrogen and oxygen atoms in total. The summed E-state index contributed by atoms with van der Waals surface area (Å²) in [5, 5.41) is 3.47. The van der Waals surface area contributed by atoms with Crippen LogP contribution in [0.15, 0.2) is 48.7 Å². The number of carbonyl (C=O) groups excluding carboxylic acids is 2. The Morgan fingerprint density at radius 2 is 1.93 bits per heavy atom. The molecule has 1 amide bonds. The van der Waals surface area contributed by atoms with Crippen molar-refractivity contribution in [3.63, 3.8) is 0 Å². The molecule has 0 spiro atoms. The molecule has 0 radical (unpaired) electrons. The second kappa shape index (κ2) is 8.28. The van der Waals surface area contributed by atoms with Crippen molar-refractivity contribution < 1.29 is 14.3 Å². The van der Waals surface area contributed by atoms with E-state index in [2.05, 4.69) is 15.3 Å². The van der Waals surface area contributed by atoms with Crippen LogP contribution in [0.1, 0.15) is 22.3 Å². The molecule has 27 heavy (non-hydrogen) atoms. The van der Waals surface area contributed by atoms with Gasteiger partial charge in [0, 0.05) is 11.8 Å². The lowest BCUT2D eigenvalue weighted by atomic mass is 10.2. The quantitative estimate of drug-likeness (QED) is 0.507. The van der Waals surface area contributed by atoms with Gasteiger partial charge in [0.15, 0.2) is 11.3 Å². The average Bonchev–Trinajstić information content (AvgIpc) is 3.06. The van der Waals surface area contributed by atoms with Gasteiger partial charge in [-0.3, -0.25) is 4.79 Å². The summed E-state index contributed by atoms with van der Waals surface area (Å²) in [6.07, 6.45) is 0.508. The number of nitrogens with zero attached hydrogens (tertiary/aromatic N) is 2. The molecular formula is C19H16ClN3O3S. The van der Waals surface area contributed by atoms with Crippen LogP contribution < -0.4 is 5.32 Å². The number of thiazole rings is 1. The summed E-state index contributed by atoms with van der Waals surface area (Å²) < 4.78 is 5.30. The Bertz CT molecular complexity index is 975. The largest absolute Gasteiger partial charge is 0.448 e. The topological polar surface area (TPSA) is 81.2 Å². The van der Waals surface area contributed by atoms with E-state index in [1.807, 2.05) is 30.3 Å². The Labute approximate surface area is 165 Å². The average molecular weight is 402 g/mol. The molecule has 0 fully saturated rings. The summed E-state index contributed by atoms with van der Waals surface area (Å²) >= 11 is 7.15. The number of amides is 1. The summed E-state index contributed by atoms with van der Waals surface area (Å²) in [6.45, 7) is 3.23. The molecule has 2 heterocycles. The molecular weight excluding hydrogens is 386 g/mol. The Hall–Kier alpha value is -2.77. The maximum atomic E-state index is 12.5. The fourth-order valence-electron chi connectivity index (χ4n) is 2.27. The van der Waals surface area contributed by atoms with Gasteiger partial charge in [-0.05, 0) is 26.0 Å². The Balaban J connectivity index is 1.69. The van der Waals surface area contributed by atoms with Gasteiger partial charge in [-0.1, -0.05) is 41.9 Å². The predicted molar refractivity (Wildman–Crippen MR) is 105 cm³/mol. The van der Waals surface area contributed by atoms with Crippen molar-refractivity contribution in [2.45, 2.75) is 20.0 Å². The number of esters is 1. The van der Waals surface area contributed by atoms with Gasteiger partial charge in [-0.2, -0.15) is 0 Å². The van der Waals surface area contributed by atoms with Crippen LogP contribution in [-0.4, -0.2) is 27.9 Å². The zero-order valence-electron chi connectivity index (χ0n) is 14.6. The van der Waals surface area contributed by atoms with E-state index < -0.39 is 18.0 Å². The highest BCUT2D eigenvalue weighted by atomic mass is 35.5. The molecule has 0 aliphatic carbocycles. The number of anilines is 1. The minimum atomic E-state index is -1.00. The summed E-state index contributed by atoms with van der Waals surface area (Å²) in [7, 11) is 0. The highest BCUT2D eigenvalue weighted by Gasteiger charge is 2.23. The maximum absolute atomic E-state index is 12.5. The Kier molecular flexibility index (Phi) is 5.83. The zero-order valence-corrected chi connectivity index (χ0v) is 16.2.